The van der Waals surface area contributed by atoms with E-state index in [2.05, 4.69) is 30.6 Å². The van der Waals surface area contributed by atoms with Crippen LogP contribution in [0.15, 0.2) is 24.3 Å². The van der Waals surface area contributed by atoms with E-state index in [1.807, 2.05) is 12.1 Å². The van der Waals surface area contributed by atoms with Crippen molar-refractivity contribution in [2.45, 2.75) is 77.9 Å². The van der Waals surface area contributed by atoms with E-state index in [-0.39, 0.29) is 23.3 Å². The Hall–Kier alpha value is -1.62. The zero-order valence-electron chi connectivity index (χ0n) is 18.3. The molecule has 29 heavy (non-hydrogen) atoms. The first-order valence-corrected chi connectivity index (χ1v) is 11.4. The number of esters is 1. The second kappa shape index (κ2) is 9.92. The first-order valence-electron chi connectivity index (χ1n) is 11.4. The van der Waals surface area contributed by atoms with Crippen molar-refractivity contribution in [2.24, 2.45) is 5.41 Å². The lowest BCUT2D eigenvalue weighted by atomic mass is 9.76. The topological polar surface area (TPSA) is 32.8 Å². The second-order valence-corrected chi connectivity index (χ2v) is 8.97. The Morgan fingerprint density at radius 1 is 1.14 bits per heavy atom. The molecule has 1 aromatic carbocycles. The van der Waals surface area contributed by atoms with Gasteiger partial charge in [0.25, 0.3) is 0 Å². The average Bonchev–Trinajstić information content (AvgIpc) is 3.01. The Labute approximate surface area is 175 Å². The fourth-order valence-electron chi connectivity index (χ4n) is 5.10. The van der Waals surface area contributed by atoms with E-state index in [0.29, 0.717) is 6.04 Å². The Balaban J connectivity index is 1.50. The van der Waals surface area contributed by atoms with Gasteiger partial charge in [-0.3, -0.25) is 9.69 Å². The summed E-state index contributed by atoms with van der Waals surface area (Å²) in [4.78, 5) is 17.5. The molecule has 5 heteroatoms. The number of nitrogens with zero attached hydrogens (tertiary/aromatic N) is 2. The summed E-state index contributed by atoms with van der Waals surface area (Å²) < 4.78 is 19.0. The highest BCUT2D eigenvalue weighted by atomic mass is 19.1. The molecule has 3 rings (SSSR count). The van der Waals surface area contributed by atoms with Crippen LogP contribution in [-0.4, -0.2) is 49.2 Å². The van der Waals surface area contributed by atoms with Crippen LogP contribution >= 0.6 is 0 Å². The molecule has 0 radical (unpaired) electrons. The minimum Gasteiger partial charge on any atom is -0.462 e. The SMILES string of the molecule is CCCCC1(CCC)C[C@H](CCN2CCN(c3ccc(F)cc3)[C@H](C)C2)OC1=O. The summed E-state index contributed by atoms with van der Waals surface area (Å²) in [7, 11) is 0. The highest BCUT2D eigenvalue weighted by molar-refractivity contribution is 5.79. The molecular formula is C24H37FN2O2. The maximum Gasteiger partial charge on any atom is 0.312 e. The van der Waals surface area contributed by atoms with Crippen molar-refractivity contribution < 1.29 is 13.9 Å². The molecule has 0 aromatic heterocycles. The van der Waals surface area contributed by atoms with Gasteiger partial charge >= 0.3 is 5.97 Å². The molecule has 1 unspecified atom stereocenters. The van der Waals surface area contributed by atoms with E-state index in [4.69, 9.17) is 4.74 Å². The molecule has 2 fully saturated rings. The fourth-order valence-corrected chi connectivity index (χ4v) is 5.10. The van der Waals surface area contributed by atoms with Gasteiger partial charge in [-0.1, -0.05) is 33.1 Å². The van der Waals surface area contributed by atoms with Gasteiger partial charge in [-0.2, -0.15) is 0 Å². The second-order valence-electron chi connectivity index (χ2n) is 8.97. The number of unbranched alkanes of at least 4 members (excludes halogenated alkanes) is 1. The normalized spacial score (nSPS) is 28.0. The minimum absolute atomic E-state index is 0.0484. The van der Waals surface area contributed by atoms with Crippen LogP contribution in [0.4, 0.5) is 10.1 Å². The Morgan fingerprint density at radius 2 is 1.90 bits per heavy atom. The zero-order valence-corrected chi connectivity index (χ0v) is 18.3. The van der Waals surface area contributed by atoms with Gasteiger partial charge in [-0.05, 0) is 50.5 Å². The van der Waals surface area contributed by atoms with E-state index in [0.717, 1.165) is 76.8 Å². The molecule has 2 aliphatic rings. The molecule has 2 saturated heterocycles. The van der Waals surface area contributed by atoms with Crippen LogP contribution in [0.5, 0.6) is 0 Å². The molecule has 0 aliphatic carbocycles. The van der Waals surface area contributed by atoms with Gasteiger partial charge in [-0.15, -0.1) is 0 Å². The number of carbonyl (C=O) groups is 1. The molecule has 0 saturated carbocycles. The fraction of sp³-hybridized carbons (Fsp3) is 0.708. The van der Waals surface area contributed by atoms with Crippen LogP contribution in [-0.2, 0) is 9.53 Å². The lowest BCUT2D eigenvalue weighted by Crippen LogP contribution is -2.52. The number of hydrogen-bond donors (Lipinski definition) is 0. The number of anilines is 1. The molecule has 2 aliphatic heterocycles. The van der Waals surface area contributed by atoms with E-state index in [9.17, 15) is 9.18 Å². The molecule has 0 spiro atoms. The van der Waals surface area contributed by atoms with Crippen molar-refractivity contribution in [3.8, 4) is 0 Å². The third-order valence-corrected chi connectivity index (χ3v) is 6.70. The van der Waals surface area contributed by atoms with Gasteiger partial charge in [0.2, 0.25) is 0 Å². The molecule has 162 valence electrons. The summed E-state index contributed by atoms with van der Waals surface area (Å²) in [5, 5.41) is 0. The van der Waals surface area contributed by atoms with E-state index < -0.39 is 0 Å². The highest BCUT2D eigenvalue weighted by Gasteiger charge is 2.47. The van der Waals surface area contributed by atoms with Gasteiger partial charge in [0.1, 0.15) is 11.9 Å². The highest BCUT2D eigenvalue weighted by Crippen LogP contribution is 2.43. The molecule has 0 bridgehead atoms. The monoisotopic (exact) mass is 404 g/mol. The number of hydrogen-bond acceptors (Lipinski definition) is 4. The molecule has 0 N–H and O–H groups in total. The summed E-state index contributed by atoms with van der Waals surface area (Å²) in [6.07, 6.45) is 7.07. The summed E-state index contributed by atoms with van der Waals surface area (Å²) in [6.45, 7) is 10.4. The van der Waals surface area contributed by atoms with Crippen LogP contribution in [0.25, 0.3) is 0 Å². The first kappa shape index (κ1) is 22.1. The smallest absolute Gasteiger partial charge is 0.312 e. The van der Waals surface area contributed by atoms with Crippen molar-refractivity contribution in [2.75, 3.05) is 31.1 Å². The van der Waals surface area contributed by atoms with E-state index in [1.54, 1.807) is 0 Å². The lowest BCUT2D eigenvalue weighted by Gasteiger charge is -2.41. The standard InChI is InChI=1S/C24H37FN2O2/c1-4-6-13-24(12-5-2)17-22(29-23(24)28)11-14-26-15-16-27(19(3)18-26)21-9-7-20(25)8-10-21/h7-10,19,22H,4-6,11-18H2,1-3H3/t19-,22+,24?/m1/s1. The van der Waals surface area contributed by atoms with Crippen molar-refractivity contribution in [1.29, 1.82) is 0 Å². The molecule has 2 heterocycles. The number of piperazine rings is 1. The van der Waals surface area contributed by atoms with Gasteiger partial charge in [0.15, 0.2) is 0 Å². The summed E-state index contributed by atoms with van der Waals surface area (Å²) >= 11 is 0. The predicted octanol–water partition coefficient (Wildman–Crippen LogP) is 5.02. The molecule has 1 aromatic rings. The molecule has 0 amide bonds. The van der Waals surface area contributed by atoms with E-state index >= 15 is 0 Å². The average molecular weight is 405 g/mol. The van der Waals surface area contributed by atoms with Crippen molar-refractivity contribution in [1.82, 2.24) is 4.90 Å². The Morgan fingerprint density at radius 3 is 2.55 bits per heavy atom. The summed E-state index contributed by atoms with van der Waals surface area (Å²) in [5.74, 6) is -0.142. The first-order chi connectivity index (χ1) is 14.0. The van der Waals surface area contributed by atoms with Gasteiger partial charge in [-0.25, -0.2) is 4.39 Å². The Bertz CT molecular complexity index is 665. The van der Waals surface area contributed by atoms with Crippen LogP contribution < -0.4 is 4.90 Å². The third-order valence-electron chi connectivity index (χ3n) is 6.70. The Kier molecular flexibility index (Phi) is 7.55. The van der Waals surface area contributed by atoms with Gasteiger partial charge < -0.3 is 9.64 Å². The van der Waals surface area contributed by atoms with Crippen molar-refractivity contribution in [3.63, 3.8) is 0 Å². The van der Waals surface area contributed by atoms with Gasteiger partial charge in [0.05, 0.1) is 5.41 Å². The van der Waals surface area contributed by atoms with Crippen molar-refractivity contribution in [3.05, 3.63) is 30.1 Å². The predicted molar refractivity (Wildman–Crippen MR) is 116 cm³/mol. The number of carbonyl (C=O) groups excluding carboxylic acids is 1. The number of rotatable bonds is 9. The minimum atomic E-state index is -0.232. The largest absolute Gasteiger partial charge is 0.462 e. The molecule has 4 nitrogen and oxygen atoms in total. The lowest BCUT2D eigenvalue weighted by molar-refractivity contribution is -0.149. The van der Waals surface area contributed by atoms with Crippen LogP contribution in [0, 0.1) is 11.2 Å². The number of benzene rings is 1. The maximum absolute atomic E-state index is 13.2. The summed E-state index contributed by atoms with van der Waals surface area (Å²) in [5.41, 5.74) is 0.854. The number of ether oxygens (including phenoxy) is 1. The quantitative estimate of drug-likeness (QED) is 0.541. The number of cyclic esters (lactones) is 1. The third kappa shape index (κ3) is 5.30. The molecule has 3 atom stereocenters. The van der Waals surface area contributed by atoms with Gasteiger partial charge in [0, 0.05) is 44.3 Å². The molecular weight excluding hydrogens is 367 g/mol. The summed E-state index contributed by atoms with van der Waals surface area (Å²) in [6, 6.07) is 7.17. The van der Waals surface area contributed by atoms with E-state index in [1.165, 1.54) is 12.1 Å². The van der Waals surface area contributed by atoms with Crippen LogP contribution in [0.1, 0.15) is 65.7 Å². The van der Waals surface area contributed by atoms with Crippen LogP contribution in [0.3, 0.4) is 0 Å². The maximum atomic E-state index is 13.2. The van der Waals surface area contributed by atoms with Crippen LogP contribution in [0.2, 0.25) is 0 Å². The van der Waals surface area contributed by atoms with Crippen molar-refractivity contribution >= 4 is 11.7 Å². The number of halogens is 1. The zero-order chi connectivity index (χ0) is 20.9.